The molecule has 3 atom stereocenters. The normalized spacial score (nSPS) is 23.9. The Labute approximate surface area is 164 Å². The summed E-state index contributed by atoms with van der Waals surface area (Å²) in [5, 5.41) is 2.92. The van der Waals surface area contributed by atoms with Gasteiger partial charge in [-0.1, -0.05) is 18.2 Å². The van der Waals surface area contributed by atoms with Crippen molar-refractivity contribution in [2.24, 2.45) is 0 Å². The van der Waals surface area contributed by atoms with E-state index >= 15 is 0 Å². The number of carbonyl (C=O) groups excluding carboxylic acids is 1. The highest BCUT2D eigenvalue weighted by atomic mass is 16.6. The minimum absolute atomic E-state index is 0.201. The number of carbonyl (C=O) groups is 1. The third-order valence-corrected chi connectivity index (χ3v) is 4.94. The van der Waals surface area contributed by atoms with Crippen LogP contribution in [-0.4, -0.2) is 48.9 Å². The SMILES string of the molecule is C[C@@H]1CN(c2ccc(CNC(=O)[C@@H]3Oc4ccccc4O[C@H]3C)cn2)CCO1. The van der Waals surface area contributed by atoms with Crippen molar-refractivity contribution in [3.8, 4) is 11.5 Å². The van der Waals surface area contributed by atoms with Gasteiger partial charge in [-0.15, -0.1) is 0 Å². The summed E-state index contributed by atoms with van der Waals surface area (Å²) in [6, 6.07) is 11.3. The van der Waals surface area contributed by atoms with Crippen LogP contribution >= 0.6 is 0 Å². The molecule has 0 saturated carbocycles. The zero-order chi connectivity index (χ0) is 19.5. The number of morpholine rings is 1. The molecule has 0 unspecified atom stereocenters. The molecule has 2 aliphatic rings. The number of hydrogen-bond acceptors (Lipinski definition) is 6. The van der Waals surface area contributed by atoms with Gasteiger partial charge in [0.25, 0.3) is 5.91 Å². The van der Waals surface area contributed by atoms with Gasteiger partial charge in [-0.3, -0.25) is 4.79 Å². The number of anilines is 1. The Balaban J connectivity index is 1.33. The van der Waals surface area contributed by atoms with Gasteiger partial charge in [0, 0.05) is 25.8 Å². The summed E-state index contributed by atoms with van der Waals surface area (Å²) in [7, 11) is 0. The number of fused-ring (bicyclic) bond motifs is 1. The Morgan fingerprint density at radius 2 is 1.96 bits per heavy atom. The van der Waals surface area contributed by atoms with Gasteiger partial charge in [0.1, 0.15) is 11.9 Å². The topological polar surface area (TPSA) is 72.9 Å². The van der Waals surface area contributed by atoms with Crippen LogP contribution in [-0.2, 0) is 16.1 Å². The van der Waals surface area contributed by atoms with Crippen molar-refractivity contribution in [2.75, 3.05) is 24.6 Å². The maximum atomic E-state index is 12.6. The largest absolute Gasteiger partial charge is 0.482 e. The van der Waals surface area contributed by atoms with E-state index in [1.807, 2.05) is 37.3 Å². The third kappa shape index (κ3) is 4.04. The van der Waals surface area contributed by atoms with E-state index in [1.54, 1.807) is 12.3 Å². The fourth-order valence-electron chi connectivity index (χ4n) is 3.43. The van der Waals surface area contributed by atoms with Crippen molar-refractivity contribution in [2.45, 2.75) is 38.7 Å². The first-order valence-corrected chi connectivity index (χ1v) is 9.61. The van der Waals surface area contributed by atoms with E-state index < -0.39 is 6.10 Å². The highest BCUT2D eigenvalue weighted by Gasteiger charge is 2.33. The van der Waals surface area contributed by atoms with Gasteiger partial charge in [-0.2, -0.15) is 0 Å². The molecule has 1 N–H and O–H groups in total. The standard InChI is InChI=1S/C21H25N3O4/c1-14-13-24(9-10-26-14)19-8-7-16(11-22-19)12-23-21(25)20-15(2)27-17-5-3-4-6-18(17)28-20/h3-8,11,14-15,20H,9-10,12-13H2,1-2H3,(H,23,25)/t14-,15+,20-/m1/s1. The van der Waals surface area contributed by atoms with Gasteiger partial charge in [0.15, 0.2) is 11.5 Å². The molecule has 0 radical (unpaired) electrons. The third-order valence-electron chi connectivity index (χ3n) is 4.94. The van der Waals surface area contributed by atoms with Crippen LogP contribution in [0.5, 0.6) is 11.5 Å². The van der Waals surface area contributed by atoms with Crippen LogP contribution in [0.15, 0.2) is 42.6 Å². The molecule has 7 heteroatoms. The number of rotatable bonds is 4. The van der Waals surface area contributed by atoms with Crippen LogP contribution in [0.1, 0.15) is 19.4 Å². The van der Waals surface area contributed by atoms with Gasteiger partial charge in [-0.05, 0) is 37.6 Å². The second-order valence-electron chi connectivity index (χ2n) is 7.18. The second-order valence-corrected chi connectivity index (χ2v) is 7.18. The lowest BCUT2D eigenvalue weighted by atomic mass is 10.1. The zero-order valence-corrected chi connectivity index (χ0v) is 16.1. The molecule has 4 rings (SSSR count). The van der Waals surface area contributed by atoms with E-state index in [2.05, 4.69) is 22.1 Å². The fourth-order valence-corrected chi connectivity index (χ4v) is 3.43. The van der Waals surface area contributed by atoms with E-state index in [4.69, 9.17) is 14.2 Å². The maximum Gasteiger partial charge on any atom is 0.265 e. The summed E-state index contributed by atoms with van der Waals surface area (Å²) in [6.07, 6.45) is 0.960. The minimum atomic E-state index is -0.683. The molecule has 2 aliphatic heterocycles. The summed E-state index contributed by atoms with van der Waals surface area (Å²) in [6.45, 7) is 6.67. The van der Waals surface area contributed by atoms with Crippen LogP contribution in [0.4, 0.5) is 5.82 Å². The van der Waals surface area contributed by atoms with Crippen molar-refractivity contribution in [3.63, 3.8) is 0 Å². The molecular weight excluding hydrogens is 358 g/mol. The predicted molar refractivity (Wildman–Crippen MR) is 105 cm³/mol. The van der Waals surface area contributed by atoms with Crippen LogP contribution in [0, 0.1) is 0 Å². The van der Waals surface area contributed by atoms with Crippen LogP contribution in [0.2, 0.25) is 0 Å². The average molecular weight is 383 g/mol. The van der Waals surface area contributed by atoms with Gasteiger partial charge < -0.3 is 24.4 Å². The summed E-state index contributed by atoms with van der Waals surface area (Å²) < 4.78 is 17.2. The molecule has 1 amide bonds. The number of pyridine rings is 1. The van der Waals surface area contributed by atoms with E-state index in [0.717, 1.165) is 24.5 Å². The number of nitrogens with one attached hydrogen (secondary N) is 1. The van der Waals surface area contributed by atoms with Crippen molar-refractivity contribution in [1.29, 1.82) is 0 Å². The molecule has 0 aliphatic carbocycles. The Morgan fingerprint density at radius 3 is 2.68 bits per heavy atom. The molecule has 1 aromatic carbocycles. The van der Waals surface area contributed by atoms with Crippen LogP contribution in [0.3, 0.4) is 0 Å². The molecular formula is C21H25N3O4. The van der Waals surface area contributed by atoms with Gasteiger partial charge in [0.05, 0.1) is 12.7 Å². The fraction of sp³-hybridized carbons (Fsp3) is 0.429. The molecule has 7 nitrogen and oxygen atoms in total. The van der Waals surface area contributed by atoms with Crippen LogP contribution < -0.4 is 19.7 Å². The molecule has 0 bridgehead atoms. The second kappa shape index (κ2) is 8.06. The first-order valence-electron chi connectivity index (χ1n) is 9.61. The Morgan fingerprint density at radius 1 is 1.18 bits per heavy atom. The van der Waals surface area contributed by atoms with E-state index in [9.17, 15) is 4.79 Å². The van der Waals surface area contributed by atoms with Gasteiger partial charge in [0.2, 0.25) is 6.10 Å². The summed E-state index contributed by atoms with van der Waals surface area (Å²) >= 11 is 0. The van der Waals surface area contributed by atoms with Crippen molar-refractivity contribution < 1.29 is 19.0 Å². The molecule has 3 heterocycles. The first-order chi connectivity index (χ1) is 13.6. The number of hydrogen-bond donors (Lipinski definition) is 1. The number of ether oxygens (including phenoxy) is 3. The first kappa shape index (κ1) is 18.6. The lowest BCUT2D eigenvalue weighted by Gasteiger charge is -2.32. The summed E-state index contributed by atoms with van der Waals surface area (Å²) in [5.74, 6) is 1.98. The number of para-hydroxylation sites is 2. The van der Waals surface area contributed by atoms with Crippen LogP contribution in [0.25, 0.3) is 0 Å². The molecule has 1 saturated heterocycles. The number of amides is 1. The summed E-state index contributed by atoms with van der Waals surface area (Å²) in [4.78, 5) is 19.3. The average Bonchev–Trinajstić information content (AvgIpc) is 2.72. The number of nitrogens with zero attached hydrogens (tertiary/aromatic N) is 2. The highest BCUT2D eigenvalue weighted by Crippen LogP contribution is 2.33. The Hall–Kier alpha value is -2.80. The predicted octanol–water partition coefficient (Wildman–Crippen LogP) is 2.15. The quantitative estimate of drug-likeness (QED) is 0.872. The maximum absolute atomic E-state index is 12.6. The smallest absolute Gasteiger partial charge is 0.265 e. The molecule has 1 aromatic heterocycles. The van der Waals surface area contributed by atoms with E-state index in [-0.39, 0.29) is 18.1 Å². The van der Waals surface area contributed by atoms with Crippen molar-refractivity contribution in [1.82, 2.24) is 10.3 Å². The van der Waals surface area contributed by atoms with Crippen molar-refractivity contribution in [3.05, 3.63) is 48.2 Å². The van der Waals surface area contributed by atoms with Gasteiger partial charge >= 0.3 is 0 Å². The monoisotopic (exact) mass is 383 g/mol. The minimum Gasteiger partial charge on any atom is -0.482 e. The molecule has 2 aromatic rings. The zero-order valence-electron chi connectivity index (χ0n) is 16.1. The Bertz CT molecular complexity index is 827. The molecule has 1 fully saturated rings. The molecule has 28 heavy (non-hydrogen) atoms. The summed E-state index contributed by atoms with van der Waals surface area (Å²) in [5.41, 5.74) is 0.934. The van der Waals surface area contributed by atoms with Crippen molar-refractivity contribution >= 4 is 11.7 Å². The highest BCUT2D eigenvalue weighted by molar-refractivity contribution is 5.82. The number of benzene rings is 1. The lowest BCUT2D eigenvalue weighted by Crippen LogP contribution is -2.48. The van der Waals surface area contributed by atoms with E-state index in [0.29, 0.717) is 24.7 Å². The Kier molecular flexibility index (Phi) is 5.34. The lowest BCUT2D eigenvalue weighted by molar-refractivity contribution is -0.133. The number of aromatic nitrogens is 1. The molecule has 0 spiro atoms. The van der Waals surface area contributed by atoms with E-state index in [1.165, 1.54) is 0 Å². The van der Waals surface area contributed by atoms with Gasteiger partial charge in [-0.25, -0.2) is 4.98 Å². The molecule has 148 valence electrons.